The lowest BCUT2D eigenvalue weighted by atomic mass is 10.1. The number of azo groups is 1. The third-order valence-electron chi connectivity index (χ3n) is 7.30. The van der Waals surface area contributed by atoms with Crippen molar-refractivity contribution in [3.63, 3.8) is 0 Å². The third kappa shape index (κ3) is 9.27. The second kappa shape index (κ2) is 16.3. The average Bonchev–Trinajstić information content (AvgIpc) is 3.08. The number of anilines is 3. The Morgan fingerprint density at radius 2 is 1.40 bits per heavy atom. The molecular weight excluding hydrogens is 765 g/mol. The first kappa shape index (κ1) is 40.6. The molecule has 8 N–H and O–H groups in total. The van der Waals surface area contributed by atoms with Gasteiger partial charge in [-0.1, -0.05) is 0 Å². The maximum Gasteiger partial charge on any atom is 0.296 e. The lowest BCUT2D eigenvalue weighted by Crippen LogP contribution is -2.35. The largest absolute Gasteiger partial charge is 0.505 e. The van der Waals surface area contributed by atoms with Crippen LogP contribution in [0.15, 0.2) is 79.5 Å². The van der Waals surface area contributed by atoms with Crippen LogP contribution < -0.4 is 25.6 Å². The van der Waals surface area contributed by atoms with Crippen molar-refractivity contribution < 1.29 is 63.9 Å². The Balaban J connectivity index is 1.72. The van der Waals surface area contributed by atoms with E-state index in [4.69, 9.17) is 9.47 Å². The van der Waals surface area contributed by atoms with Gasteiger partial charge in [-0.3, -0.25) is 19.3 Å². The van der Waals surface area contributed by atoms with Gasteiger partial charge in [-0.2, -0.15) is 21.1 Å². The van der Waals surface area contributed by atoms with E-state index in [-0.39, 0.29) is 57.3 Å². The molecule has 0 radical (unpaired) electrons. The van der Waals surface area contributed by atoms with Crippen molar-refractivity contribution in [2.24, 2.45) is 10.2 Å². The van der Waals surface area contributed by atoms with E-state index in [0.29, 0.717) is 5.69 Å². The standard InChI is InChI=1S/C30H34N6O14S3/c1-17(39)31-24-14-21(52(43,44)45)12-18-13-27(53(46,47)48)29(30(40)28(18)24)35-34-23-16-25(49-2)22(15-26(23)50-3)33-32-19-4-6-20(7-5-19)51(41,42)36(8-10-37)9-11-38/h4-7,12-16,32-33,37-38,40H,8-11H2,1-3H3,(H,31,39)(H,43,44,45)(H,46,47,48)/b35-34+. The molecule has 0 spiro atoms. The van der Waals surface area contributed by atoms with Gasteiger partial charge >= 0.3 is 0 Å². The lowest BCUT2D eigenvalue weighted by Gasteiger charge is -2.20. The van der Waals surface area contributed by atoms with E-state index in [9.17, 15) is 54.5 Å². The van der Waals surface area contributed by atoms with Crippen molar-refractivity contribution in [1.29, 1.82) is 0 Å². The number of rotatable bonds is 16. The minimum atomic E-state index is -5.17. The molecule has 0 aliphatic heterocycles. The predicted octanol–water partition coefficient (Wildman–Crippen LogP) is 2.84. The lowest BCUT2D eigenvalue weighted by molar-refractivity contribution is -0.114. The molecule has 0 heterocycles. The van der Waals surface area contributed by atoms with Crippen LogP contribution in [0.5, 0.6) is 17.2 Å². The summed E-state index contributed by atoms with van der Waals surface area (Å²) in [6, 6.07) is 10.6. The Morgan fingerprint density at radius 1 is 0.774 bits per heavy atom. The molecular formula is C30H34N6O14S3. The van der Waals surface area contributed by atoms with E-state index >= 15 is 0 Å². The molecule has 0 aromatic heterocycles. The number of hydrogen-bond donors (Lipinski definition) is 8. The molecule has 53 heavy (non-hydrogen) atoms. The van der Waals surface area contributed by atoms with E-state index < -0.39 is 70.6 Å². The fraction of sp³-hybridized carbons (Fsp3) is 0.233. The number of hydrazine groups is 1. The highest BCUT2D eigenvalue weighted by atomic mass is 32.2. The summed E-state index contributed by atoms with van der Waals surface area (Å²) in [5, 5.41) is 39.2. The molecule has 1 amide bonds. The van der Waals surface area contributed by atoms with Crippen LogP contribution in [0, 0.1) is 0 Å². The topological polar surface area (TPSA) is 303 Å². The number of phenolic OH excluding ortho intramolecular Hbond substituents is 1. The van der Waals surface area contributed by atoms with E-state index in [1.54, 1.807) is 0 Å². The van der Waals surface area contributed by atoms with E-state index in [1.165, 1.54) is 50.6 Å². The first-order valence-electron chi connectivity index (χ1n) is 14.9. The number of aliphatic hydroxyl groups excluding tert-OH is 2. The second-order valence-electron chi connectivity index (χ2n) is 10.8. The Morgan fingerprint density at radius 3 is 1.92 bits per heavy atom. The number of sulfonamides is 1. The quantitative estimate of drug-likeness (QED) is 0.0459. The van der Waals surface area contributed by atoms with E-state index in [0.717, 1.165) is 29.4 Å². The molecule has 0 atom stereocenters. The van der Waals surface area contributed by atoms with Crippen LogP contribution in [0.1, 0.15) is 6.92 Å². The van der Waals surface area contributed by atoms with E-state index in [1.807, 2.05) is 0 Å². The van der Waals surface area contributed by atoms with Crippen LogP contribution in [-0.4, -0.2) is 100 Å². The third-order valence-corrected chi connectivity index (χ3v) is 10.9. The van der Waals surface area contributed by atoms with Crippen LogP contribution in [0.2, 0.25) is 0 Å². The van der Waals surface area contributed by atoms with Gasteiger partial charge in [0, 0.05) is 37.5 Å². The number of nitrogens with one attached hydrogen (secondary N) is 3. The zero-order valence-electron chi connectivity index (χ0n) is 28.0. The molecule has 0 fully saturated rings. The molecule has 0 bridgehead atoms. The SMILES string of the molecule is COc1cc(NNc2ccc(S(=O)(=O)N(CCO)CCO)cc2)c(OC)cc1/N=N/c1c(S(=O)(=O)O)cc2cc(S(=O)(=O)O)cc(NC(C)=O)c2c1O. The number of nitrogens with zero attached hydrogens (tertiary/aromatic N) is 3. The van der Waals surface area contributed by atoms with Gasteiger partial charge in [0.2, 0.25) is 15.9 Å². The number of methoxy groups -OCH3 is 2. The Hall–Kier alpha value is -5.14. The highest BCUT2D eigenvalue weighted by molar-refractivity contribution is 7.89. The molecule has 4 aromatic rings. The molecule has 286 valence electrons. The zero-order chi connectivity index (χ0) is 39.3. The summed E-state index contributed by atoms with van der Waals surface area (Å²) >= 11 is 0. The fourth-order valence-corrected chi connectivity index (χ4v) is 7.55. The zero-order valence-corrected chi connectivity index (χ0v) is 30.5. The van der Waals surface area contributed by atoms with Gasteiger partial charge in [-0.25, -0.2) is 8.42 Å². The van der Waals surface area contributed by atoms with Crippen molar-refractivity contribution in [2.75, 3.05) is 56.7 Å². The number of phenols is 1. The van der Waals surface area contributed by atoms with Gasteiger partial charge in [0.15, 0.2) is 5.75 Å². The Labute approximate surface area is 303 Å². The monoisotopic (exact) mass is 798 g/mol. The van der Waals surface area contributed by atoms with Crippen LogP contribution in [0.4, 0.5) is 28.4 Å². The summed E-state index contributed by atoms with van der Waals surface area (Å²) in [4.78, 5) is 10.1. The van der Waals surface area contributed by atoms with Crippen molar-refractivity contribution in [3.05, 3.63) is 54.6 Å². The van der Waals surface area contributed by atoms with Gasteiger partial charge in [0.25, 0.3) is 20.2 Å². The average molecular weight is 799 g/mol. The smallest absolute Gasteiger partial charge is 0.296 e. The number of benzene rings is 4. The van der Waals surface area contributed by atoms with Crippen molar-refractivity contribution in [1.82, 2.24) is 4.31 Å². The van der Waals surface area contributed by atoms with Crippen LogP contribution in [0.25, 0.3) is 10.8 Å². The normalized spacial score (nSPS) is 12.3. The fourth-order valence-electron chi connectivity index (χ4n) is 4.93. The van der Waals surface area contributed by atoms with Gasteiger partial charge in [-0.15, -0.1) is 10.2 Å². The maximum atomic E-state index is 12.9. The van der Waals surface area contributed by atoms with Gasteiger partial charge in [0.05, 0.1) is 54.3 Å². The number of carbonyl (C=O) groups is 1. The molecule has 0 saturated heterocycles. The molecule has 23 heteroatoms. The number of fused-ring (bicyclic) bond motifs is 1. The number of aliphatic hydroxyl groups is 2. The second-order valence-corrected chi connectivity index (χ2v) is 15.6. The summed E-state index contributed by atoms with van der Waals surface area (Å²) < 4.78 is 106. The summed E-state index contributed by atoms with van der Waals surface area (Å²) in [5.41, 5.74) is 5.17. The number of amides is 1. The minimum Gasteiger partial charge on any atom is -0.505 e. The molecule has 4 aromatic carbocycles. The summed E-state index contributed by atoms with van der Waals surface area (Å²) in [6.07, 6.45) is 0. The van der Waals surface area contributed by atoms with Gasteiger partial charge in [0.1, 0.15) is 27.8 Å². The van der Waals surface area contributed by atoms with E-state index in [2.05, 4.69) is 26.4 Å². The molecule has 20 nitrogen and oxygen atoms in total. The minimum absolute atomic E-state index is 0.0264. The first-order valence-corrected chi connectivity index (χ1v) is 19.3. The van der Waals surface area contributed by atoms with Crippen molar-refractivity contribution >= 4 is 75.4 Å². The Bertz CT molecular complexity index is 2380. The molecule has 0 aliphatic rings. The van der Waals surface area contributed by atoms with Crippen molar-refractivity contribution in [3.8, 4) is 17.2 Å². The maximum absolute atomic E-state index is 12.9. The predicted molar refractivity (Wildman–Crippen MR) is 190 cm³/mol. The van der Waals surface area contributed by atoms with Crippen LogP contribution in [0.3, 0.4) is 0 Å². The highest BCUT2D eigenvalue weighted by Crippen LogP contribution is 2.46. The van der Waals surface area contributed by atoms with Crippen molar-refractivity contribution in [2.45, 2.75) is 21.6 Å². The molecule has 0 saturated carbocycles. The summed E-state index contributed by atoms with van der Waals surface area (Å²) in [6.45, 7) is -0.202. The highest BCUT2D eigenvalue weighted by Gasteiger charge is 2.27. The number of hydrogen-bond acceptors (Lipinski definition) is 16. The van der Waals surface area contributed by atoms with Gasteiger partial charge in [-0.05, 0) is 47.9 Å². The Kier molecular flexibility index (Phi) is 12.5. The molecule has 0 aliphatic carbocycles. The van der Waals surface area contributed by atoms with Crippen LogP contribution >= 0.6 is 0 Å². The molecule has 4 rings (SSSR count). The van der Waals surface area contributed by atoms with Gasteiger partial charge < -0.3 is 35.5 Å². The first-order chi connectivity index (χ1) is 24.8. The van der Waals surface area contributed by atoms with Crippen LogP contribution in [-0.2, 0) is 35.1 Å². The number of carbonyl (C=O) groups excluding carboxylic acids is 1. The summed E-state index contributed by atoms with van der Waals surface area (Å²) in [7, 11) is -11.5. The number of ether oxygens (including phenoxy) is 2. The summed E-state index contributed by atoms with van der Waals surface area (Å²) in [5.74, 6) is -1.51. The molecule has 0 unspecified atom stereocenters. The number of aromatic hydroxyl groups is 1.